The molecule has 0 aliphatic carbocycles. The van der Waals surface area contributed by atoms with Gasteiger partial charge >= 0.3 is 16.2 Å². The SMILES string of the molecule is Cc1cnc(OCCOc2ncnc(NS(=O)(=O)Nc3ccccc3)c2-c2ccc(Cl)cc2)nc1. The molecule has 0 aliphatic rings. The number of aryl methyl sites for hydroxylation is 1. The lowest BCUT2D eigenvalue weighted by Gasteiger charge is -2.16. The summed E-state index contributed by atoms with van der Waals surface area (Å²) in [6.45, 7) is 2.12. The largest absolute Gasteiger partial charge is 0.473 e. The quantitative estimate of drug-likeness (QED) is 0.304. The average molecular weight is 513 g/mol. The Morgan fingerprint density at radius 3 is 2.26 bits per heavy atom. The van der Waals surface area contributed by atoms with Gasteiger partial charge in [-0.1, -0.05) is 41.9 Å². The fourth-order valence-electron chi connectivity index (χ4n) is 2.97. The molecule has 0 radical (unpaired) electrons. The van der Waals surface area contributed by atoms with Gasteiger partial charge in [-0.05, 0) is 42.3 Å². The highest BCUT2D eigenvalue weighted by atomic mass is 35.5. The number of nitrogens with zero attached hydrogens (tertiary/aromatic N) is 4. The van der Waals surface area contributed by atoms with E-state index in [1.165, 1.54) is 6.33 Å². The molecular weight excluding hydrogens is 492 g/mol. The number of hydrogen-bond acceptors (Lipinski definition) is 8. The second-order valence-electron chi connectivity index (χ2n) is 7.22. The lowest BCUT2D eigenvalue weighted by Crippen LogP contribution is -2.23. The van der Waals surface area contributed by atoms with E-state index in [1.807, 2.05) is 6.92 Å². The van der Waals surface area contributed by atoms with Gasteiger partial charge in [0.15, 0.2) is 5.82 Å². The maximum atomic E-state index is 12.8. The van der Waals surface area contributed by atoms with E-state index in [-0.39, 0.29) is 30.9 Å². The zero-order chi connectivity index (χ0) is 24.7. The molecule has 0 spiro atoms. The van der Waals surface area contributed by atoms with Crippen LogP contribution in [0, 0.1) is 6.92 Å². The molecule has 10 nitrogen and oxygen atoms in total. The second kappa shape index (κ2) is 11.0. The average Bonchev–Trinajstić information content (AvgIpc) is 2.84. The van der Waals surface area contributed by atoms with E-state index >= 15 is 0 Å². The van der Waals surface area contributed by atoms with Gasteiger partial charge < -0.3 is 9.47 Å². The van der Waals surface area contributed by atoms with Crippen LogP contribution in [0.3, 0.4) is 0 Å². The van der Waals surface area contributed by atoms with Gasteiger partial charge in [-0.25, -0.2) is 24.7 Å². The number of para-hydroxylation sites is 1. The molecular formula is C23H21ClN6O4S. The van der Waals surface area contributed by atoms with Crippen molar-refractivity contribution in [2.24, 2.45) is 0 Å². The Morgan fingerprint density at radius 1 is 0.857 bits per heavy atom. The topological polar surface area (TPSA) is 128 Å². The number of aromatic nitrogens is 4. The highest BCUT2D eigenvalue weighted by Crippen LogP contribution is 2.35. The molecule has 0 amide bonds. The van der Waals surface area contributed by atoms with Crippen LogP contribution in [-0.2, 0) is 10.2 Å². The van der Waals surface area contributed by atoms with E-state index in [0.717, 1.165) is 5.56 Å². The minimum Gasteiger partial charge on any atom is -0.473 e. The molecule has 0 bridgehead atoms. The molecule has 2 aromatic heterocycles. The van der Waals surface area contributed by atoms with E-state index in [9.17, 15) is 8.42 Å². The lowest BCUT2D eigenvalue weighted by atomic mass is 10.1. The highest BCUT2D eigenvalue weighted by Gasteiger charge is 2.20. The summed E-state index contributed by atoms with van der Waals surface area (Å²) in [5.74, 6) is 0.191. The standard InChI is InChI=1S/C23H21ClN6O4S/c1-16-13-25-23(26-14-16)34-12-11-33-22-20(17-7-9-18(24)10-8-17)21(27-15-28-22)30-35(31,32)29-19-5-3-2-4-6-19/h2-10,13-15,29H,11-12H2,1H3,(H,27,28,30). The summed E-state index contributed by atoms with van der Waals surface area (Å²) < 4.78 is 41.8. The smallest absolute Gasteiger partial charge is 0.322 e. The van der Waals surface area contributed by atoms with Gasteiger partial charge in [0.1, 0.15) is 19.5 Å². The first-order valence-electron chi connectivity index (χ1n) is 10.4. The predicted octanol–water partition coefficient (Wildman–Crippen LogP) is 4.12. The molecule has 0 saturated carbocycles. The van der Waals surface area contributed by atoms with Crippen LogP contribution in [0.1, 0.15) is 5.56 Å². The summed E-state index contributed by atoms with van der Waals surface area (Å²) >= 11 is 6.03. The summed E-state index contributed by atoms with van der Waals surface area (Å²) in [6, 6.07) is 15.5. The van der Waals surface area contributed by atoms with Gasteiger partial charge in [-0.2, -0.15) is 8.42 Å². The third-order valence-electron chi connectivity index (χ3n) is 4.51. The minimum atomic E-state index is -4.02. The molecule has 0 atom stereocenters. The van der Waals surface area contributed by atoms with Crippen LogP contribution in [0.15, 0.2) is 73.3 Å². The Kier molecular flexibility index (Phi) is 7.58. The van der Waals surface area contributed by atoms with Crippen LogP contribution < -0.4 is 18.9 Å². The van der Waals surface area contributed by atoms with Crippen molar-refractivity contribution in [3.63, 3.8) is 0 Å². The normalized spacial score (nSPS) is 11.0. The van der Waals surface area contributed by atoms with Crippen molar-refractivity contribution in [2.45, 2.75) is 6.92 Å². The van der Waals surface area contributed by atoms with Crippen molar-refractivity contribution in [1.82, 2.24) is 19.9 Å². The van der Waals surface area contributed by atoms with Gasteiger partial charge in [0.05, 0.1) is 11.3 Å². The number of anilines is 2. The Labute approximate surface area is 207 Å². The Bertz CT molecular complexity index is 1370. The number of ether oxygens (including phenoxy) is 2. The molecule has 0 aliphatic heterocycles. The van der Waals surface area contributed by atoms with Crippen LogP contribution in [-0.4, -0.2) is 41.6 Å². The summed E-state index contributed by atoms with van der Waals surface area (Å²) in [7, 11) is -4.02. The van der Waals surface area contributed by atoms with Crippen molar-refractivity contribution in [2.75, 3.05) is 22.7 Å². The molecule has 2 N–H and O–H groups in total. The van der Waals surface area contributed by atoms with Crippen LogP contribution in [0.2, 0.25) is 5.02 Å². The lowest BCUT2D eigenvalue weighted by molar-refractivity contribution is 0.202. The summed E-state index contributed by atoms with van der Waals surface area (Å²) in [5, 5.41) is 0.521. The Hall–Kier alpha value is -3.96. The Morgan fingerprint density at radius 2 is 1.54 bits per heavy atom. The van der Waals surface area contributed by atoms with Crippen molar-refractivity contribution in [1.29, 1.82) is 0 Å². The Balaban J connectivity index is 1.56. The van der Waals surface area contributed by atoms with E-state index in [1.54, 1.807) is 67.0 Å². The third-order valence-corrected chi connectivity index (χ3v) is 5.73. The van der Waals surface area contributed by atoms with E-state index < -0.39 is 10.2 Å². The second-order valence-corrected chi connectivity index (χ2v) is 9.07. The van der Waals surface area contributed by atoms with Crippen LogP contribution >= 0.6 is 11.6 Å². The molecule has 4 rings (SSSR count). The van der Waals surface area contributed by atoms with Gasteiger partial charge in [0.25, 0.3) is 0 Å². The number of hydrogen-bond donors (Lipinski definition) is 2. The maximum absolute atomic E-state index is 12.8. The number of nitrogens with one attached hydrogen (secondary N) is 2. The van der Waals surface area contributed by atoms with Gasteiger partial charge in [-0.15, -0.1) is 0 Å². The molecule has 180 valence electrons. The van der Waals surface area contributed by atoms with Crippen LogP contribution in [0.5, 0.6) is 11.9 Å². The van der Waals surface area contributed by atoms with Gasteiger partial charge in [0.2, 0.25) is 5.88 Å². The van der Waals surface area contributed by atoms with Gasteiger partial charge in [0, 0.05) is 17.4 Å². The number of rotatable bonds is 10. The maximum Gasteiger partial charge on any atom is 0.322 e. The third kappa shape index (κ3) is 6.78. The summed E-state index contributed by atoms with van der Waals surface area (Å²) in [4.78, 5) is 16.5. The number of benzene rings is 2. The fourth-order valence-corrected chi connectivity index (χ4v) is 4.01. The molecule has 35 heavy (non-hydrogen) atoms. The molecule has 12 heteroatoms. The summed E-state index contributed by atoms with van der Waals surface area (Å²) in [6.07, 6.45) is 4.50. The van der Waals surface area contributed by atoms with Crippen molar-refractivity contribution < 1.29 is 17.9 Å². The van der Waals surface area contributed by atoms with E-state index in [2.05, 4.69) is 29.4 Å². The van der Waals surface area contributed by atoms with Crippen molar-refractivity contribution in [3.05, 3.63) is 83.9 Å². The molecule has 2 aromatic carbocycles. The molecule has 0 fully saturated rings. The summed E-state index contributed by atoms with van der Waals surface area (Å²) in [5.41, 5.74) is 2.26. The molecule has 0 unspecified atom stereocenters. The van der Waals surface area contributed by atoms with E-state index in [4.69, 9.17) is 21.1 Å². The van der Waals surface area contributed by atoms with Crippen LogP contribution in [0.4, 0.5) is 11.5 Å². The molecule has 2 heterocycles. The molecule has 4 aromatic rings. The first-order valence-corrected chi connectivity index (χ1v) is 12.3. The molecule has 0 saturated heterocycles. The van der Waals surface area contributed by atoms with Crippen molar-refractivity contribution in [3.8, 4) is 23.0 Å². The van der Waals surface area contributed by atoms with E-state index in [0.29, 0.717) is 21.8 Å². The predicted molar refractivity (Wildman–Crippen MR) is 133 cm³/mol. The highest BCUT2D eigenvalue weighted by molar-refractivity contribution is 7.94. The monoisotopic (exact) mass is 512 g/mol. The first kappa shape index (κ1) is 24.2. The van der Waals surface area contributed by atoms with Crippen LogP contribution in [0.25, 0.3) is 11.1 Å². The minimum absolute atomic E-state index is 0.0311. The number of halogens is 1. The zero-order valence-electron chi connectivity index (χ0n) is 18.6. The zero-order valence-corrected chi connectivity index (χ0v) is 20.1. The van der Waals surface area contributed by atoms with Gasteiger partial charge in [-0.3, -0.25) is 4.72 Å². The fraction of sp³-hybridized carbons (Fsp3) is 0.130. The van der Waals surface area contributed by atoms with Crippen molar-refractivity contribution >= 4 is 33.3 Å². The first-order chi connectivity index (χ1) is 16.9.